The molecule has 12 nitrogen and oxygen atoms in total. The summed E-state index contributed by atoms with van der Waals surface area (Å²) in [5.74, 6) is 1.86. The average Bonchev–Trinajstić information content (AvgIpc) is 3.08. The molecule has 1 unspecified atom stereocenters. The lowest BCUT2D eigenvalue weighted by molar-refractivity contribution is 0.151. The number of sulfonamides is 1. The van der Waals surface area contributed by atoms with Crippen molar-refractivity contribution in [1.29, 1.82) is 0 Å². The van der Waals surface area contributed by atoms with E-state index in [1.165, 1.54) is 6.26 Å². The summed E-state index contributed by atoms with van der Waals surface area (Å²) in [7, 11) is -3.23. The van der Waals surface area contributed by atoms with Crippen LogP contribution in [0.2, 0.25) is 0 Å². The Balaban J connectivity index is 1.44. The molecular weight excluding hydrogens is 448 g/mol. The van der Waals surface area contributed by atoms with Crippen molar-refractivity contribution < 1.29 is 17.9 Å². The molecule has 2 N–H and O–H groups in total. The minimum atomic E-state index is -3.23. The van der Waals surface area contributed by atoms with E-state index in [1.807, 2.05) is 11.0 Å². The third-order valence-electron chi connectivity index (χ3n) is 5.81. The Hall–Kier alpha value is -3.32. The van der Waals surface area contributed by atoms with E-state index in [0.29, 0.717) is 47.4 Å². The molecule has 0 spiro atoms. The number of nitrogens with zero attached hydrogens (tertiary/aromatic N) is 6. The lowest BCUT2D eigenvalue weighted by atomic mass is 10.3. The van der Waals surface area contributed by atoms with Crippen LogP contribution in [0.15, 0.2) is 24.4 Å². The summed E-state index contributed by atoms with van der Waals surface area (Å²) in [6.07, 6.45) is 2.25. The second-order valence-corrected chi connectivity index (χ2v) is 10.1. The summed E-state index contributed by atoms with van der Waals surface area (Å²) < 4.78 is 32.0. The number of ether oxygens (including phenoxy) is 1. The summed E-state index contributed by atoms with van der Waals surface area (Å²) in [6, 6.07) is 5.33. The van der Waals surface area contributed by atoms with Crippen molar-refractivity contribution in [2.24, 2.45) is 11.8 Å². The van der Waals surface area contributed by atoms with E-state index < -0.39 is 16.1 Å². The number of rotatable bonds is 6. The van der Waals surface area contributed by atoms with Crippen LogP contribution in [-0.4, -0.2) is 71.2 Å². The fourth-order valence-corrected chi connectivity index (χ4v) is 5.18. The number of piperidine rings is 1. The van der Waals surface area contributed by atoms with Crippen LogP contribution in [0, 0.1) is 18.8 Å². The van der Waals surface area contributed by atoms with Gasteiger partial charge in [0.2, 0.25) is 16.0 Å². The number of carbonyl (C=O) groups is 1. The third kappa shape index (κ3) is 4.20. The Bertz CT molecular complexity index is 1330. The maximum Gasteiger partial charge on any atom is 0.436 e. The fraction of sp³-hybridized carbons (Fsp3) is 0.450. The Morgan fingerprint density at radius 1 is 1.27 bits per heavy atom. The van der Waals surface area contributed by atoms with E-state index in [4.69, 9.17) is 9.72 Å². The normalized spacial score (nSPS) is 21.8. The van der Waals surface area contributed by atoms with Crippen LogP contribution in [0.3, 0.4) is 0 Å². The van der Waals surface area contributed by atoms with Gasteiger partial charge in [-0.1, -0.05) is 0 Å². The van der Waals surface area contributed by atoms with Crippen LogP contribution >= 0.6 is 0 Å². The van der Waals surface area contributed by atoms with Gasteiger partial charge in [0.1, 0.15) is 11.6 Å². The van der Waals surface area contributed by atoms with Crippen molar-refractivity contribution in [2.75, 3.05) is 36.2 Å². The predicted octanol–water partition coefficient (Wildman–Crippen LogP) is 1.26. The number of hydrogen-bond donors (Lipinski definition) is 2. The van der Waals surface area contributed by atoms with Gasteiger partial charge < -0.3 is 15.0 Å². The SMILES string of the molecule is CCOC(=O)n1nc(C)cc1Nc1nc(N2C[C@@H]3C(NS(C)(=O)=O)[C@@H]3C2)nc2ncccc12. The highest BCUT2D eigenvalue weighted by molar-refractivity contribution is 7.88. The molecule has 13 heteroatoms. The number of carbonyl (C=O) groups excluding carboxylic acids is 1. The first-order chi connectivity index (χ1) is 15.7. The molecule has 174 valence electrons. The number of nitrogens with one attached hydrogen (secondary N) is 2. The van der Waals surface area contributed by atoms with Gasteiger partial charge in [0.05, 0.1) is 23.9 Å². The number of aryl methyl sites for hydroxylation is 1. The zero-order chi connectivity index (χ0) is 23.3. The molecular formula is C20H24N8O4S. The highest BCUT2D eigenvalue weighted by Crippen LogP contribution is 2.46. The summed E-state index contributed by atoms with van der Waals surface area (Å²) in [5, 5.41) is 8.10. The quantitative estimate of drug-likeness (QED) is 0.538. The molecule has 1 aliphatic carbocycles. The maximum atomic E-state index is 12.3. The largest absolute Gasteiger partial charge is 0.448 e. The molecule has 3 aromatic heterocycles. The molecule has 33 heavy (non-hydrogen) atoms. The van der Waals surface area contributed by atoms with Gasteiger partial charge >= 0.3 is 6.09 Å². The molecule has 1 saturated carbocycles. The van der Waals surface area contributed by atoms with Gasteiger partial charge in [-0.15, -0.1) is 4.68 Å². The zero-order valence-electron chi connectivity index (χ0n) is 18.4. The Labute approximate surface area is 190 Å². The first kappa shape index (κ1) is 21.5. The van der Waals surface area contributed by atoms with E-state index >= 15 is 0 Å². The number of anilines is 3. The van der Waals surface area contributed by atoms with Crippen LogP contribution in [0.4, 0.5) is 22.4 Å². The molecule has 0 aromatic carbocycles. The standard InChI is InChI=1S/C20H24N8O4S/c1-4-32-20(29)28-15(8-11(2)25-28)22-18-12-6-5-7-21-17(12)23-19(24-18)27-9-13-14(10-27)16(13)26-33(3,30)31/h5-8,13-14,16,26H,4,9-10H2,1-3H3,(H,21,22,23,24)/t13-,14+,16?. The summed E-state index contributed by atoms with van der Waals surface area (Å²) >= 11 is 0. The monoisotopic (exact) mass is 472 g/mol. The Kier molecular flexibility index (Phi) is 5.16. The summed E-state index contributed by atoms with van der Waals surface area (Å²) in [6.45, 7) is 5.04. The predicted molar refractivity (Wildman–Crippen MR) is 121 cm³/mol. The van der Waals surface area contributed by atoms with E-state index in [2.05, 4.69) is 25.1 Å². The number of aromatic nitrogens is 5. The summed E-state index contributed by atoms with van der Waals surface area (Å²) in [5.41, 5.74) is 1.15. The van der Waals surface area contributed by atoms with Crippen LogP contribution in [0.5, 0.6) is 0 Å². The van der Waals surface area contributed by atoms with E-state index in [1.54, 1.807) is 32.2 Å². The van der Waals surface area contributed by atoms with Crippen LogP contribution < -0.4 is 14.9 Å². The minimum Gasteiger partial charge on any atom is -0.448 e. The first-order valence-electron chi connectivity index (χ1n) is 10.6. The molecule has 0 radical (unpaired) electrons. The smallest absolute Gasteiger partial charge is 0.436 e. The van der Waals surface area contributed by atoms with E-state index in [-0.39, 0.29) is 24.5 Å². The minimum absolute atomic E-state index is 0.0330. The summed E-state index contributed by atoms with van der Waals surface area (Å²) in [4.78, 5) is 28.1. The van der Waals surface area contributed by atoms with Crippen molar-refractivity contribution in [3.8, 4) is 0 Å². The van der Waals surface area contributed by atoms with Crippen LogP contribution in [0.25, 0.3) is 11.0 Å². The lowest BCUT2D eigenvalue weighted by Crippen LogP contribution is -2.34. The maximum absolute atomic E-state index is 12.3. The van der Waals surface area contributed by atoms with Gasteiger partial charge in [0, 0.05) is 31.4 Å². The Morgan fingerprint density at radius 2 is 2.03 bits per heavy atom. The van der Waals surface area contributed by atoms with Gasteiger partial charge in [0.25, 0.3) is 0 Å². The molecule has 5 rings (SSSR count). The molecule has 2 fully saturated rings. The van der Waals surface area contributed by atoms with Gasteiger partial charge in [0.15, 0.2) is 5.65 Å². The van der Waals surface area contributed by atoms with Gasteiger partial charge in [-0.25, -0.2) is 22.9 Å². The second kappa shape index (κ2) is 7.92. The highest BCUT2D eigenvalue weighted by atomic mass is 32.2. The third-order valence-corrected chi connectivity index (χ3v) is 6.51. The first-order valence-corrected chi connectivity index (χ1v) is 12.5. The van der Waals surface area contributed by atoms with Gasteiger partial charge in [-0.2, -0.15) is 15.1 Å². The lowest BCUT2D eigenvalue weighted by Gasteiger charge is -2.21. The van der Waals surface area contributed by atoms with E-state index in [9.17, 15) is 13.2 Å². The molecule has 1 aliphatic heterocycles. The molecule has 0 bridgehead atoms. The molecule has 3 atom stereocenters. The van der Waals surface area contributed by atoms with Gasteiger partial charge in [-0.3, -0.25) is 0 Å². The molecule has 3 aromatic rings. The Morgan fingerprint density at radius 3 is 2.73 bits per heavy atom. The number of fused-ring (bicyclic) bond motifs is 2. The molecule has 0 amide bonds. The van der Waals surface area contributed by atoms with Crippen molar-refractivity contribution in [3.05, 3.63) is 30.1 Å². The van der Waals surface area contributed by atoms with Crippen molar-refractivity contribution >= 4 is 44.7 Å². The second-order valence-electron chi connectivity index (χ2n) is 8.30. The topological polar surface area (TPSA) is 144 Å². The van der Waals surface area contributed by atoms with E-state index in [0.717, 1.165) is 4.68 Å². The van der Waals surface area contributed by atoms with Crippen molar-refractivity contribution in [2.45, 2.75) is 19.9 Å². The van der Waals surface area contributed by atoms with Crippen molar-refractivity contribution in [1.82, 2.24) is 29.5 Å². The van der Waals surface area contributed by atoms with Crippen LogP contribution in [0.1, 0.15) is 12.6 Å². The van der Waals surface area contributed by atoms with Crippen LogP contribution in [-0.2, 0) is 14.8 Å². The van der Waals surface area contributed by atoms with Crippen molar-refractivity contribution in [3.63, 3.8) is 0 Å². The average molecular weight is 473 g/mol. The number of pyridine rings is 1. The number of hydrogen-bond acceptors (Lipinski definition) is 10. The highest BCUT2D eigenvalue weighted by Gasteiger charge is 2.57. The fourth-order valence-electron chi connectivity index (χ4n) is 4.33. The van der Waals surface area contributed by atoms with Gasteiger partial charge in [-0.05, 0) is 37.8 Å². The zero-order valence-corrected chi connectivity index (χ0v) is 19.2. The molecule has 2 aliphatic rings. The molecule has 4 heterocycles. The molecule has 1 saturated heterocycles.